The Morgan fingerprint density at radius 1 is 0.960 bits per heavy atom. The van der Waals surface area contributed by atoms with Crippen LogP contribution in [0.25, 0.3) is 22.4 Å². The van der Waals surface area contributed by atoms with E-state index in [4.69, 9.17) is 4.42 Å². The number of aliphatic hydroxyl groups is 1. The lowest BCUT2D eigenvalue weighted by Crippen LogP contribution is -2.14. The van der Waals surface area contributed by atoms with Crippen LogP contribution in [0.15, 0.2) is 65.2 Å². The second-order valence-corrected chi connectivity index (χ2v) is 5.95. The predicted octanol–water partition coefficient (Wildman–Crippen LogP) is 3.61. The molecule has 25 heavy (non-hydrogen) atoms. The number of H-pyrrole nitrogens is 1. The van der Waals surface area contributed by atoms with Crippen LogP contribution in [0.3, 0.4) is 0 Å². The minimum Gasteiger partial charge on any atom is -0.454 e. The summed E-state index contributed by atoms with van der Waals surface area (Å²) in [6.45, 7) is 1.39. The molecule has 2 aromatic heterocycles. The van der Waals surface area contributed by atoms with E-state index in [1.165, 1.54) is 0 Å². The van der Waals surface area contributed by atoms with Gasteiger partial charge in [-0.3, -0.25) is 5.10 Å². The summed E-state index contributed by atoms with van der Waals surface area (Å²) in [6.07, 6.45) is 1.81. The minimum absolute atomic E-state index is 0.0494. The van der Waals surface area contributed by atoms with Gasteiger partial charge in [-0.15, -0.1) is 0 Å². The summed E-state index contributed by atoms with van der Waals surface area (Å²) in [5.74, 6) is 0.784. The van der Waals surface area contributed by atoms with Crippen LogP contribution in [0.1, 0.15) is 16.7 Å². The van der Waals surface area contributed by atoms with Gasteiger partial charge in [0.25, 0.3) is 0 Å². The molecule has 4 aromatic rings. The Labute approximate surface area is 145 Å². The zero-order valence-electron chi connectivity index (χ0n) is 13.7. The first kappa shape index (κ1) is 15.6. The number of nitrogens with one attached hydrogen (secondary N) is 2. The van der Waals surface area contributed by atoms with Crippen molar-refractivity contribution in [1.29, 1.82) is 0 Å². The van der Waals surface area contributed by atoms with Crippen LogP contribution in [0.2, 0.25) is 0 Å². The molecule has 0 radical (unpaired) electrons. The van der Waals surface area contributed by atoms with E-state index in [1.807, 2.05) is 60.8 Å². The Morgan fingerprint density at radius 2 is 1.72 bits per heavy atom. The lowest BCUT2D eigenvalue weighted by Gasteiger charge is -2.08. The molecule has 5 heteroatoms. The molecule has 126 valence electrons. The summed E-state index contributed by atoms with van der Waals surface area (Å²) in [6, 6.07) is 17.8. The molecule has 0 amide bonds. The molecule has 2 aromatic carbocycles. The van der Waals surface area contributed by atoms with Gasteiger partial charge in [0.2, 0.25) is 0 Å². The standard InChI is InChI=1S/C20H19N3O2/c24-13-16-7-2-1-6-15(16)10-21-11-17-12-22-23-20(17)19-9-14-5-3-4-8-18(14)25-19/h1-9,12,21,24H,10-11,13H2,(H,22,23). The smallest absolute Gasteiger partial charge is 0.153 e. The Kier molecular flexibility index (Phi) is 4.33. The van der Waals surface area contributed by atoms with Crippen molar-refractivity contribution >= 4 is 11.0 Å². The van der Waals surface area contributed by atoms with Gasteiger partial charge in [0, 0.05) is 24.0 Å². The number of para-hydroxylation sites is 1. The number of fused-ring (bicyclic) bond motifs is 1. The number of hydrogen-bond donors (Lipinski definition) is 3. The molecule has 0 fully saturated rings. The van der Waals surface area contributed by atoms with E-state index >= 15 is 0 Å². The third-order valence-corrected chi connectivity index (χ3v) is 4.31. The van der Waals surface area contributed by atoms with Crippen molar-refractivity contribution < 1.29 is 9.52 Å². The van der Waals surface area contributed by atoms with Gasteiger partial charge >= 0.3 is 0 Å². The highest BCUT2D eigenvalue weighted by Gasteiger charge is 2.12. The Morgan fingerprint density at radius 3 is 2.56 bits per heavy atom. The van der Waals surface area contributed by atoms with Gasteiger partial charge in [0.05, 0.1) is 12.8 Å². The second-order valence-electron chi connectivity index (χ2n) is 5.95. The fourth-order valence-corrected chi connectivity index (χ4v) is 2.98. The normalized spacial score (nSPS) is 11.2. The van der Waals surface area contributed by atoms with Crippen LogP contribution in [0, 0.1) is 0 Å². The van der Waals surface area contributed by atoms with E-state index < -0.39 is 0 Å². The Bertz CT molecular complexity index is 954. The van der Waals surface area contributed by atoms with Gasteiger partial charge in [-0.2, -0.15) is 5.10 Å². The Hall–Kier alpha value is -2.89. The first-order chi connectivity index (χ1) is 12.3. The van der Waals surface area contributed by atoms with Gasteiger partial charge in [0.1, 0.15) is 11.3 Å². The number of hydrogen-bond acceptors (Lipinski definition) is 4. The molecule has 3 N–H and O–H groups in total. The molecule has 0 atom stereocenters. The molecule has 4 rings (SSSR count). The van der Waals surface area contributed by atoms with Crippen LogP contribution in [-0.4, -0.2) is 15.3 Å². The maximum Gasteiger partial charge on any atom is 0.153 e. The minimum atomic E-state index is 0.0494. The van der Waals surface area contributed by atoms with Gasteiger partial charge in [0.15, 0.2) is 5.76 Å². The third-order valence-electron chi connectivity index (χ3n) is 4.31. The fraction of sp³-hybridized carbons (Fsp3) is 0.150. The SMILES string of the molecule is OCc1ccccc1CNCc1cn[nH]c1-c1cc2ccccc2o1. The van der Waals surface area contributed by atoms with Gasteiger partial charge < -0.3 is 14.8 Å². The molecule has 0 saturated carbocycles. The van der Waals surface area contributed by atoms with E-state index in [2.05, 4.69) is 15.5 Å². The van der Waals surface area contributed by atoms with Crippen LogP contribution in [0.5, 0.6) is 0 Å². The molecule has 0 saturated heterocycles. The molecule has 5 nitrogen and oxygen atoms in total. The maximum atomic E-state index is 9.41. The largest absolute Gasteiger partial charge is 0.454 e. The summed E-state index contributed by atoms with van der Waals surface area (Å²) in [5, 5.41) is 21.1. The number of aromatic nitrogens is 2. The van der Waals surface area contributed by atoms with Crippen molar-refractivity contribution in [2.45, 2.75) is 19.7 Å². The summed E-state index contributed by atoms with van der Waals surface area (Å²) in [4.78, 5) is 0. The number of benzene rings is 2. The average Bonchev–Trinajstić information content (AvgIpc) is 3.28. The molecule has 0 aliphatic rings. The van der Waals surface area contributed by atoms with E-state index in [0.29, 0.717) is 13.1 Å². The van der Waals surface area contributed by atoms with Gasteiger partial charge in [-0.1, -0.05) is 42.5 Å². The van der Waals surface area contributed by atoms with Crippen molar-refractivity contribution in [3.63, 3.8) is 0 Å². The molecular weight excluding hydrogens is 314 g/mol. The third kappa shape index (κ3) is 3.20. The lowest BCUT2D eigenvalue weighted by atomic mass is 10.1. The monoisotopic (exact) mass is 333 g/mol. The first-order valence-corrected chi connectivity index (χ1v) is 8.24. The highest BCUT2D eigenvalue weighted by atomic mass is 16.3. The molecule has 0 unspecified atom stereocenters. The summed E-state index contributed by atoms with van der Waals surface area (Å²) >= 11 is 0. The van der Waals surface area contributed by atoms with Gasteiger partial charge in [-0.25, -0.2) is 0 Å². The van der Waals surface area contributed by atoms with Crippen molar-refractivity contribution in [2.24, 2.45) is 0 Å². The molecule has 0 aliphatic heterocycles. The molecule has 0 spiro atoms. The summed E-state index contributed by atoms with van der Waals surface area (Å²) < 4.78 is 5.92. The lowest BCUT2D eigenvalue weighted by molar-refractivity contribution is 0.280. The average molecular weight is 333 g/mol. The molecule has 0 aliphatic carbocycles. The van der Waals surface area contributed by atoms with Crippen LogP contribution >= 0.6 is 0 Å². The van der Waals surface area contributed by atoms with Crippen LogP contribution < -0.4 is 5.32 Å². The molecule has 0 bridgehead atoms. The fourth-order valence-electron chi connectivity index (χ4n) is 2.98. The number of furan rings is 1. The van der Waals surface area contributed by atoms with E-state index in [-0.39, 0.29) is 6.61 Å². The van der Waals surface area contributed by atoms with Crippen LogP contribution in [0.4, 0.5) is 0 Å². The van der Waals surface area contributed by atoms with E-state index in [9.17, 15) is 5.11 Å². The summed E-state index contributed by atoms with van der Waals surface area (Å²) in [5.41, 5.74) is 4.83. The van der Waals surface area contributed by atoms with Crippen molar-refractivity contribution in [2.75, 3.05) is 0 Å². The summed E-state index contributed by atoms with van der Waals surface area (Å²) in [7, 11) is 0. The second kappa shape index (κ2) is 6.93. The highest BCUT2D eigenvalue weighted by Crippen LogP contribution is 2.28. The maximum absolute atomic E-state index is 9.41. The Balaban J connectivity index is 1.50. The quantitative estimate of drug-likeness (QED) is 0.504. The van der Waals surface area contributed by atoms with E-state index in [0.717, 1.165) is 39.1 Å². The zero-order valence-corrected chi connectivity index (χ0v) is 13.7. The topological polar surface area (TPSA) is 74.1 Å². The van der Waals surface area contributed by atoms with E-state index in [1.54, 1.807) is 0 Å². The highest BCUT2D eigenvalue weighted by molar-refractivity contribution is 5.82. The van der Waals surface area contributed by atoms with Gasteiger partial charge in [-0.05, 0) is 23.3 Å². The zero-order chi connectivity index (χ0) is 17.1. The molecule has 2 heterocycles. The number of aliphatic hydroxyl groups excluding tert-OH is 1. The number of nitrogens with zero attached hydrogens (tertiary/aromatic N) is 1. The van der Waals surface area contributed by atoms with Crippen molar-refractivity contribution in [1.82, 2.24) is 15.5 Å². The van der Waals surface area contributed by atoms with Crippen LogP contribution in [-0.2, 0) is 19.7 Å². The van der Waals surface area contributed by atoms with Crippen molar-refractivity contribution in [3.05, 3.63) is 77.5 Å². The number of rotatable bonds is 6. The van der Waals surface area contributed by atoms with Crippen molar-refractivity contribution in [3.8, 4) is 11.5 Å². The predicted molar refractivity (Wildman–Crippen MR) is 96.7 cm³/mol. The first-order valence-electron chi connectivity index (χ1n) is 8.24. The number of aromatic amines is 1. The molecular formula is C20H19N3O2.